The van der Waals surface area contributed by atoms with E-state index in [0.29, 0.717) is 0 Å². The van der Waals surface area contributed by atoms with Gasteiger partial charge in [0.1, 0.15) is 17.7 Å². The third-order valence-corrected chi connectivity index (χ3v) is 2.68. The van der Waals surface area contributed by atoms with Gasteiger partial charge in [0.25, 0.3) is 5.91 Å². The summed E-state index contributed by atoms with van der Waals surface area (Å²) in [4.78, 5) is 24.6. The molecule has 0 aliphatic carbocycles. The van der Waals surface area contributed by atoms with E-state index in [4.69, 9.17) is 10.4 Å². The molecule has 0 fully saturated rings. The van der Waals surface area contributed by atoms with E-state index < -0.39 is 17.9 Å². The average Bonchev–Trinajstić information content (AvgIpc) is 2.41. The molecule has 0 aliphatic heterocycles. The van der Waals surface area contributed by atoms with E-state index in [1.54, 1.807) is 19.9 Å². The third-order valence-electron chi connectivity index (χ3n) is 2.68. The Balaban J connectivity index is 5.12. The predicted octanol–water partition coefficient (Wildman–Crippen LogP) is 1.29. The zero-order valence-corrected chi connectivity index (χ0v) is 12.4. The van der Waals surface area contributed by atoms with Gasteiger partial charge in [-0.1, -0.05) is 26.0 Å². The van der Waals surface area contributed by atoms with Crippen LogP contribution in [0, 0.1) is 17.2 Å². The fourth-order valence-electron chi connectivity index (χ4n) is 1.59. The average molecular weight is 291 g/mol. The Kier molecular flexibility index (Phi) is 8.23. The van der Waals surface area contributed by atoms with Gasteiger partial charge in [-0.05, 0) is 5.92 Å². The van der Waals surface area contributed by atoms with Gasteiger partial charge in [-0.2, -0.15) is 5.26 Å². The van der Waals surface area contributed by atoms with E-state index in [0.717, 1.165) is 6.20 Å². The molecule has 0 heterocycles. The number of carbonyl (C=O) groups excluding carboxylic acids is 1. The van der Waals surface area contributed by atoms with Crippen LogP contribution in [-0.2, 0) is 9.59 Å². The van der Waals surface area contributed by atoms with Gasteiger partial charge in [0.05, 0.1) is 0 Å². The molecule has 1 amide bonds. The smallest absolute Gasteiger partial charge is 0.326 e. The van der Waals surface area contributed by atoms with Crippen LogP contribution in [0.1, 0.15) is 13.8 Å². The molecule has 1 unspecified atom stereocenters. The number of aliphatic carboxylic acids is 1. The second kappa shape index (κ2) is 9.37. The Hall–Kier alpha value is -2.55. The maximum atomic E-state index is 12.2. The van der Waals surface area contributed by atoms with Crippen molar-refractivity contribution in [3.63, 3.8) is 0 Å². The lowest BCUT2D eigenvalue weighted by molar-refractivity contribution is -0.140. The second-order valence-electron chi connectivity index (χ2n) is 4.68. The van der Waals surface area contributed by atoms with Crippen LogP contribution in [0.4, 0.5) is 0 Å². The largest absolute Gasteiger partial charge is 0.480 e. The fraction of sp³-hybridized carbons (Fsp3) is 0.400. The molecule has 1 atom stereocenters. The van der Waals surface area contributed by atoms with E-state index in [2.05, 4.69) is 18.5 Å². The molecular formula is C15H21N3O3. The van der Waals surface area contributed by atoms with Crippen molar-refractivity contribution in [1.29, 1.82) is 5.26 Å². The summed E-state index contributed by atoms with van der Waals surface area (Å²) in [6, 6.07) is 0.911. The number of carboxylic acids is 1. The van der Waals surface area contributed by atoms with Crippen molar-refractivity contribution in [1.82, 2.24) is 10.2 Å². The Labute approximate surface area is 125 Å². The van der Waals surface area contributed by atoms with E-state index in [-0.39, 0.29) is 24.6 Å². The summed E-state index contributed by atoms with van der Waals surface area (Å²) in [5, 5.41) is 20.7. The third kappa shape index (κ3) is 5.95. The monoisotopic (exact) mass is 291 g/mol. The van der Waals surface area contributed by atoms with E-state index in [1.807, 2.05) is 0 Å². The zero-order valence-electron chi connectivity index (χ0n) is 12.4. The van der Waals surface area contributed by atoms with Crippen LogP contribution in [-0.4, -0.2) is 41.0 Å². The Morgan fingerprint density at radius 3 is 2.19 bits per heavy atom. The number of hydrogen-bond acceptors (Lipinski definition) is 4. The van der Waals surface area contributed by atoms with Crippen LogP contribution in [0.15, 0.2) is 37.1 Å². The molecule has 0 aliphatic rings. The summed E-state index contributed by atoms with van der Waals surface area (Å²) in [5.41, 5.74) is -0.161. The minimum absolute atomic E-state index is 0.161. The van der Waals surface area contributed by atoms with Gasteiger partial charge >= 0.3 is 5.97 Å². The first-order valence-corrected chi connectivity index (χ1v) is 6.49. The lowest BCUT2D eigenvalue weighted by Crippen LogP contribution is -2.39. The highest BCUT2D eigenvalue weighted by Gasteiger charge is 2.21. The van der Waals surface area contributed by atoms with E-state index in [9.17, 15) is 9.59 Å². The van der Waals surface area contributed by atoms with Crippen molar-refractivity contribution >= 4 is 11.9 Å². The molecule has 0 spiro atoms. The summed E-state index contributed by atoms with van der Waals surface area (Å²) in [6.45, 7) is 11.1. The van der Waals surface area contributed by atoms with Gasteiger partial charge in [0.2, 0.25) is 0 Å². The molecule has 0 saturated carbocycles. The summed E-state index contributed by atoms with van der Waals surface area (Å²) in [5.74, 6) is -1.73. The van der Waals surface area contributed by atoms with Crippen LogP contribution in [0.25, 0.3) is 0 Å². The first-order chi connectivity index (χ1) is 9.88. The maximum Gasteiger partial charge on any atom is 0.326 e. The van der Waals surface area contributed by atoms with Crippen molar-refractivity contribution in [3.8, 4) is 6.07 Å². The number of nitrogens with zero attached hydrogens (tertiary/aromatic N) is 2. The molecule has 6 nitrogen and oxygen atoms in total. The van der Waals surface area contributed by atoms with Crippen molar-refractivity contribution in [2.45, 2.75) is 19.9 Å². The lowest BCUT2D eigenvalue weighted by Gasteiger charge is -2.20. The van der Waals surface area contributed by atoms with Crippen molar-refractivity contribution in [3.05, 3.63) is 37.1 Å². The molecule has 0 bridgehead atoms. The van der Waals surface area contributed by atoms with E-state index >= 15 is 0 Å². The van der Waals surface area contributed by atoms with Gasteiger partial charge in [0, 0.05) is 19.3 Å². The number of hydrogen-bond donors (Lipinski definition) is 2. The second-order valence-corrected chi connectivity index (χ2v) is 4.68. The summed E-state index contributed by atoms with van der Waals surface area (Å²) in [6.07, 6.45) is 4.23. The summed E-state index contributed by atoms with van der Waals surface area (Å²) in [7, 11) is 0. The van der Waals surface area contributed by atoms with E-state index in [1.165, 1.54) is 17.1 Å². The molecule has 0 saturated heterocycles. The summed E-state index contributed by atoms with van der Waals surface area (Å²) >= 11 is 0. The highest BCUT2D eigenvalue weighted by Crippen LogP contribution is 2.05. The van der Waals surface area contributed by atoms with Crippen LogP contribution in [0.3, 0.4) is 0 Å². The van der Waals surface area contributed by atoms with Crippen LogP contribution in [0.2, 0.25) is 0 Å². The minimum Gasteiger partial charge on any atom is -0.480 e. The quantitative estimate of drug-likeness (QED) is 0.379. The number of carbonyl (C=O) groups is 2. The lowest BCUT2D eigenvalue weighted by atomic mass is 10.1. The van der Waals surface area contributed by atoms with Gasteiger partial charge in [-0.3, -0.25) is 4.79 Å². The molecule has 0 rings (SSSR count). The van der Waals surface area contributed by atoms with Crippen molar-refractivity contribution < 1.29 is 14.7 Å². The van der Waals surface area contributed by atoms with Crippen LogP contribution >= 0.6 is 0 Å². The molecule has 0 aromatic carbocycles. The van der Waals surface area contributed by atoms with Gasteiger partial charge in [0.15, 0.2) is 0 Å². The highest BCUT2D eigenvalue weighted by atomic mass is 16.4. The molecule has 0 radical (unpaired) electrons. The van der Waals surface area contributed by atoms with Gasteiger partial charge in [-0.15, -0.1) is 13.2 Å². The molecule has 2 N–H and O–H groups in total. The van der Waals surface area contributed by atoms with Gasteiger partial charge in [-0.25, -0.2) is 4.79 Å². The molecule has 0 aromatic rings. The molecule has 6 heteroatoms. The summed E-state index contributed by atoms with van der Waals surface area (Å²) < 4.78 is 0. The first kappa shape index (κ1) is 18.4. The van der Waals surface area contributed by atoms with Crippen LogP contribution < -0.4 is 5.32 Å². The molecule has 21 heavy (non-hydrogen) atoms. The number of rotatable bonds is 9. The Bertz CT molecular complexity index is 465. The minimum atomic E-state index is -1.04. The zero-order chi connectivity index (χ0) is 16.4. The number of amides is 1. The van der Waals surface area contributed by atoms with Gasteiger partial charge < -0.3 is 15.3 Å². The predicted molar refractivity (Wildman–Crippen MR) is 80.1 cm³/mol. The Morgan fingerprint density at radius 1 is 1.33 bits per heavy atom. The van der Waals surface area contributed by atoms with Crippen molar-refractivity contribution in [2.75, 3.05) is 13.1 Å². The van der Waals surface area contributed by atoms with Crippen molar-refractivity contribution in [2.24, 2.45) is 5.92 Å². The fourth-order valence-corrected chi connectivity index (χ4v) is 1.59. The number of nitriles is 1. The standard InChI is InChI=1S/C15H21N3O3/c1-5-7-18(8-6-2)14(19)12(9-16)10-17-13(11(3)4)15(20)21/h5-6,10-11,13,17H,1-2,7-8H2,3-4H3,(H,20,21)/b12-10-. The Morgan fingerprint density at radius 2 is 1.86 bits per heavy atom. The van der Waals surface area contributed by atoms with Crippen LogP contribution in [0.5, 0.6) is 0 Å². The normalized spacial score (nSPS) is 12.2. The molecule has 114 valence electrons. The molecular weight excluding hydrogens is 270 g/mol. The SMILES string of the molecule is C=CCN(CC=C)C(=O)/C(C#N)=C\NC(C(=O)O)C(C)C. The first-order valence-electron chi connectivity index (χ1n) is 6.49. The number of carboxylic acid groups (broad SMARTS) is 1. The molecule has 0 aromatic heterocycles. The topological polar surface area (TPSA) is 93.4 Å². The maximum absolute atomic E-state index is 12.2. The highest BCUT2D eigenvalue weighted by molar-refractivity contribution is 5.97. The number of nitrogens with one attached hydrogen (secondary N) is 1.